The lowest BCUT2D eigenvalue weighted by atomic mass is 10.1. The van der Waals surface area contributed by atoms with Crippen molar-refractivity contribution in [3.63, 3.8) is 0 Å². The maximum absolute atomic E-state index is 11.8. The number of anilines is 1. The third kappa shape index (κ3) is 7.10. The standard InChI is InChI=1S/C24H32N4O2/c1-17(2)30-22-12-10-21(11-13-22)28-24(26-15-14-25-23(29)19-8-9-19)27-16-20-7-5-4-6-18(20)3/h4-7,10-13,17,19H,8-9,14-16H2,1-3H3,(H,25,29)(H2,26,27,28). The maximum Gasteiger partial charge on any atom is 0.223 e. The number of benzene rings is 2. The highest BCUT2D eigenvalue weighted by Gasteiger charge is 2.28. The average Bonchev–Trinajstić information content (AvgIpc) is 3.56. The lowest BCUT2D eigenvalue weighted by Crippen LogP contribution is -2.38. The molecule has 1 amide bonds. The SMILES string of the molecule is Cc1ccccc1CN=C(NCCNC(=O)C1CC1)Nc1ccc(OC(C)C)cc1. The number of carbonyl (C=O) groups excluding carboxylic acids is 1. The molecule has 0 bridgehead atoms. The van der Waals surface area contributed by atoms with Crippen LogP contribution in [0.2, 0.25) is 0 Å². The summed E-state index contributed by atoms with van der Waals surface area (Å²) in [4.78, 5) is 16.5. The molecular weight excluding hydrogens is 376 g/mol. The summed E-state index contributed by atoms with van der Waals surface area (Å²) in [5, 5.41) is 9.63. The normalized spacial score (nSPS) is 13.8. The van der Waals surface area contributed by atoms with Gasteiger partial charge in [0.05, 0.1) is 12.6 Å². The summed E-state index contributed by atoms with van der Waals surface area (Å²) in [5.41, 5.74) is 3.32. The zero-order valence-corrected chi connectivity index (χ0v) is 18.1. The highest BCUT2D eigenvalue weighted by Crippen LogP contribution is 2.28. The highest BCUT2D eigenvalue weighted by atomic mass is 16.5. The van der Waals surface area contributed by atoms with Crippen LogP contribution in [0.5, 0.6) is 5.75 Å². The molecule has 1 fully saturated rings. The van der Waals surface area contributed by atoms with Crippen LogP contribution in [-0.2, 0) is 11.3 Å². The van der Waals surface area contributed by atoms with Gasteiger partial charge in [-0.25, -0.2) is 4.99 Å². The average molecular weight is 409 g/mol. The van der Waals surface area contributed by atoms with Gasteiger partial charge in [-0.3, -0.25) is 4.79 Å². The van der Waals surface area contributed by atoms with Crippen molar-refractivity contribution in [1.82, 2.24) is 10.6 Å². The van der Waals surface area contributed by atoms with Crippen LogP contribution < -0.4 is 20.7 Å². The molecule has 0 radical (unpaired) electrons. The number of guanidine groups is 1. The minimum Gasteiger partial charge on any atom is -0.491 e. The molecule has 1 aliphatic carbocycles. The number of nitrogens with one attached hydrogen (secondary N) is 3. The molecule has 6 heteroatoms. The van der Waals surface area contributed by atoms with Crippen LogP contribution in [0.25, 0.3) is 0 Å². The van der Waals surface area contributed by atoms with Crippen LogP contribution in [0.15, 0.2) is 53.5 Å². The quantitative estimate of drug-likeness (QED) is 0.335. The molecule has 0 atom stereocenters. The lowest BCUT2D eigenvalue weighted by Gasteiger charge is -2.15. The Balaban J connectivity index is 1.60. The van der Waals surface area contributed by atoms with E-state index < -0.39 is 0 Å². The third-order valence-electron chi connectivity index (χ3n) is 4.82. The number of amides is 1. The maximum atomic E-state index is 11.8. The molecule has 1 saturated carbocycles. The first-order valence-electron chi connectivity index (χ1n) is 10.7. The molecule has 0 spiro atoms. The Kier molecular flexibility index (Phi) is 7.71. The number of aryl methyl sites for hydroxylation is 1. The lowest BCUT2D eigenvalue weighted by molar-refractivity contribution is -0.122. The van der Waals surface area contributed by atoms with Gasteiger partial charge in [0, 0.05) is 24.7 Å². The van der Waals surface area contributed by atoms with Crippen molar-refractivity contribution in [2.75, 3.05) is 18.4 Å². The fourth-order valence-corrected chi connectivity index (χ4v) is 2.97. The molecule has 160 valence electrons. The van der Waals surface area contributed by atoms with Crippen LogP contribution in [-0.4, -0.2) is 31.1 Å². The van der Waals surface area contributed by atoms with E-state index >= 15 is 0 Å². The molecule has 1 aliphatic rings. The zero-order valence-electron chi connectivity index (χ0n) is 18.1. The van der Waals surface area contributed by atoms with Gasteiger partial charge in [-0.1, -0.05) is 24.3 Å². The first-order valence-corrected chi connectivity index (χ1v) is 10.7. The van der Waals surface area contributed by atoms with Gasteiger partial charge in [-0.05, 0) is 69.0 Å². The van der Waals surface area contributed by atoms with E-state index in [0.717, 1.165) is 24.3 Å². The molecule has 0 heterocycles. The van der Waals surface area contributed by atoms with Crippen molar-refractivity contribution in [3.8, 4) is 5.75 Å². The van der Waals surface area contributed by atoms with Crippen LogP contribution in [0.4, 0.5) is 5.69 Å². The monoisotopic (exact) mass is 408 g/mol. The topological polar surface area (TPSA) is 74.8 Å². The first kappa shape index (κ1) is 21.7. The summed E-state index contributed by atoms with van der Waals surface area (Å²) in [6.45, 7) is 7.86. The van der Waals surface area contributed by atoms with Crippen molar-refractivity contribution in [2.45, 2.75) is 46.3 Å². The van der Waals surface area contributed by atoms with Gasteiger partial charge < -0.3 is 20.7 Å². The number of hydrogen-bond acceptors (Lipinski definition) is 3. The van der Waals surface area contributed by atoms with Gasteiger partial charge in [0.15, 0.2) is 5.96 Å². The van der Waals surface area contributed by atoms with E-state index in [0.29, 0.717) is 25.6 Å². The van der Waals surface area contributed by atoms with Crippen molar-refractivity contribution >= 4 is 17.6 Å². The Morgan fingerprint density at radius 3 is 2.43 bits per heavy atom. The van der Waals surface area contributed by atoms with Gasteiger partial charge in [0.25, 0.3) is 0 Å². The predicted octanol–water partition coefficient (Wildman–Crippen LogP) is 3.87. The van der Waals surface area contributed by atoms with E-state index in [2.05, 4.69) is 35.0 Å². The molecule has 0 unspecified atom stereocenters. The summed E-state index contributed by atoms with van der Waals surface area (Å²) >= 11 is 0. The molecule has 0 aliphatic heterocycles. The molecule has 3 rings (SSSR count). The summed E-state index contributed by atoms with van der Waals surface area (Å²) < 4.78 is 5.71. The van der Waals surface area contributed by atoms with Crippen LogP contribution >= 0.6 is 0 Å². The van der Waals surface area contributed by atoms with Gasteiger partial charge in [-0.15, -0.1) is 0 Å². The fraction of sp³-hybridized carbons (Fsp3) is 0.417. The Labute approximate surface area is 179 Å². The van der Waals surface area contributed by atoms with Crippen LogP contribution in [0, 0.1) is 12.8 Å². The smallest absolute Gasteiger partial charge is 0.223 e. The molecule has 0 aromatic heterocycles. The van der Waals surface area contributed by atoms with Crippen molar-refractivity contribution in [3.05, 3.63) is 59.7 Å². The minimum atomic E-state index is 0.141. The third-order valence-corrected chi connectivity index (χ3v) is 4.82. The predicted molar refractivity (Wildman–Crippen MR) is 122 cm³/mol. The summed E-state index contributed by atoms with van der Waals surface area (Å²) in [6, 6.07) is 16.1. The second-order valence-electron chi connectivity index (χ2n) is 7.90. The molecule has 30 heavy (non-hydrogen) atoms. The molecule has 2 aromatic carbocycles. The second kappa shape index (κ2) is 10.7. The Morgan fingerprint density at radius 1 is 1.07 bits per heavy atom. The summed E-state index contributed by atoms with van der Waals surface area (Å²) in [5.74, 6) is 1.90. The van der Waals surface area contributed by atoms with Crippen molar-refractivity contribution in [2.24, 2.45) is 10.9 Å². The molecule has 2 aromatic rings. The molecule has 0 saturated heterocycles. The fourth-order valence-electron chi connectivity index (χ4n) is 2.97. The largest absolute Gasteiger partial charge is 0.491 e. The van der Waals surface area contributed by atoms with Crippen LogP contribution in [0.3, 0.4) is 0 Å². The Morgan fingerprint density at radius 2 is 1.77 bits per heavy atom. The molecule has 3 N–H and O–H groups in total. The number of hydrogen-bond donors (Lipinski definition) is 3. The van der Waals surface area contributed by atoms with E-state index in [1.54, 1.807) is 0 Å². The molecular formula is C24H32N4O2. The van der Waals surface area contributed by atoms with Crippen molar-refractivity contribution in [1.29, 1.82) is 0 Å². The number of ether oxygens (including phenoxy) is 1. The van der Waals surface area contributed by atoms with Gasteiger partial charge in [-0.2, -0.15) is 0 Å². The van der Waals surface area contributed by atoms with E-state index in [1.165, 1.54) is 11.1 Å². The summed E-state index contributed by atoms with van der Waals surface area (Å²) in [6.07, 6.45) is 2.17. The number of rotatable bonds is 9. The van der Waals surface area contributed by atoms with E-state index in [9.17, 15) is 4.79 Å². The second-order valence-corrected chi connectivity index (χ2v) is 7.90. The van der Waals surface area contributed by atoms with E-state index in [-0.39, 0.29) is 17.9 Å². The van der Waals surface area contributed by atoms with Gasteiger partial charge in [0.1, 0.15) is 5.75 Å². The van der Waals surface area contributed by atoms with E-state index in [1.807, 2.05) is 50.2 Å². The number of aliphatic imine (C=N–C) groups is 1. The van der Waals surface area contributed by atoms with E-state index in [4.69, 9.17) is 9.73 Å². The zero-order chi connectivity index (χ0) is 21.3. The highest BCUT2D eigenvalue weighted by molar-refractivity contribution is 5.93. The van der Waals surface area contributed by atoms with Crippen LogP contribution in [0.1, 0.15) is 37.8 Å². The van der Waals surface area contributed by atoms with Gasteiger partial charge >= 0.3 is 0 Å². The van der Waals surface area contributed by atoms with Crippen molar-refractivity contribution < 1.29 is 9.53 Å². The van der Waals surface area contributed by atoms with Gasteiger partial charge in [0.2, 0.25) is 5.91 Å². The number of carbonyl (C=O) groups is 1. The number of nitrogens with zero attached hydrogens (tertiary/aromatic N) is 1. The summed E-state index contributed by atoms with van der Waals surface area (Å²) in [7, 11) is 0. The molecule has 6 nitrogen and oxygen atoms in total. The Hall–Kier alpha value is -3.02. The minimum absolute atomic E-state index is 0.141. The Bertz CT molecular complexity index is 858. The first-order chi connectivity index (χ1) is 14.5.